The third-order valence-electron chi connectivity index (χ3n) is 2.03. The van der Waals surface area contributed by atoms with Crippen LogP contribution in [0.1, 0.15) is 26.7 Å². The van der Waals surface area contributed by atoms with E-state index in [1.54, 1.807) is 23.3 Å². The highest BCUT2D eigenvalue weighted by atomic mass is 16.3. The highest BCUT2D eigenvalue weighted by Gasteiger charge is 2.12. The van der Waals surface area contributed by atoms with Crippen molar-refractivity contribution in [3.8, 4) is 0 Å². The lowest BCUT2D eigenvalue weighted by Crippen LogP contribution is -2.36. The minimum atomic E-state index is -0.0892. The Bertz CT molecular complexity index is 277. The number of nitrogens with one attached hydrogen (secondary N) is 1. The monoisotopic (exact) mass is 210 g/mol. The maximum atomic E-state index is 11.7. The molecule has 0 atom stereocenters. The predicted molar refractivity (Wildman–Crippen MR) is 59.9 cm³/mol. The van der Waals surface area contributed by atoms with E-state index in [0.29, 0.717) is 5.88 Å². The lowest BCUT2D eigenvalue weighted by Gasteiger charge is -2.20. The first-order valence-corrected chi connectivity index (χ1v) is 5.37. The van der Waals surface area contributed by atoms with Gasteiger partial charge in [0.15, 0.2) is 0 Å². The Kier molecular flexibility index (Phi) is 4.74. The second kappa shape index (κ2) is 6.11. The summed E-state index contributed by atoms with van der Waals surface area (Å²) in [5, 5.41) is 2.71. The third-order valence-corrected chi connectivity index (χ3v) is 2.03. The van der Waals surface area contributed by atoms with Crippen LogP contribution in [0.4, 0.5) is 10.7 Å². The summed E-state index contributed by atoms with van der Waals surface area (Å²) >= 11 is 0. The van der Waals surface area contributed by atoms with Gasteiger partial charge in [-0.2, -0.15) is 0 Å². The van der Waals surface area contributed by atoms with E-state index in [-0.39, 0.29) is 6.03 Å². The molecule has 4 nitrogen and oxygen atoms in total. The van der Waals surface area contributed by atoms with Crippen LogP contribution in [0.5, 0.6) is 0 Å². The molecule has 0 aromatic carbocycles. The quantitative estimate of drug-likeness (QED) is 0.812. The molecular formula is C11H18N2O2. The molecule has 0 radical (unpaired) electrons. The molecular weight excluding hydrogens is 192 g/mol. The lowest BCUT2D eigenvalue weighted by molar-refractivity contribution is 0.211. The Balaban J connectivity index is 2.48. The summed E-state index contributed by atoms with van der Waals surface area (Å²) in [7, 11) is 0. The van der Waals surface area contributed by atoms with E-state index >= 15 is 0 Å². The SMILES string of the molecule is CCCN(CCC)C(=O)Nc1ccco1. The summed E-state index contributed by atoms with van der Waals surface area (Å²) in [6.07, 6.45) is 3.47. The molecule has 1 N–H and O–H groups in total. The number of nitrogens with zero attached hydrogens (tertiary/aromatic N) is 1. The van der Waals surface area contributed by atoms with Crippen molar-refractivity contribution in [2.75, 3.05) is 18.4 Å². The largest absolute Gasteiger partial charge is 0.449 e. The zero-order valence-electron chi connectivity index (χ0n) is 9.32. The molecule has 15 heavy (non-hydrogen) atoms. The van der Waals surface area contributed by atoms with Crippen LogP contribution in [0.2, 0.25) is 0 Å². The Morgan fingerprint density at radius 2 is 2.07 bits per heavy atom. The summed E-state index contributed by atoms with van der Waals surface area (Å²) in [4.78, 5) is 13.5. The van der Waals surface area contributed by atoms with Crippen LogP contribution in [0, 0.1) is 0 Å². The molecule has 4 heteroatoms. The van der Waals surface area contributed by atoms with E-state index in [4.69, 9.17) is 4.42 Å². The highest BCUT2D eigenvalue weighted by molar-refractivity contribution is 5.87. The summed E-state index contributed by atoms with van der Waals surface area (Å²) in [6, 6.07) is 3.39. The van der Waals surface area contributed by atoms with Crippen molar-refractivity contribution in [1.82, 2.24) is 4.90 Å². The number of urea groups is 1. The van der Waals surface area contributed by atoms with Gasteiger partial charge in [-0.1, -0.05) is 13.8 Å². The van der Waals surface area contributed by atoms with Gasteiger partial charge in [-0.25, -0.2) is 4.79 Å². The maximum Gasteiger partial charge on any atom is 0.324 e. The second-order valence-corrected chi connectivity index (χ2v) is 3.39. The maximum absolute atomic E-state index is 11.7. The first-order chi connectivity index (χ1) is 7.27. The Morgan fingerprint density at radius 1 is 1.40 bits per heavy atom. The van der Waals surface area contributed by atoms with Crippen LogP contribution >= 0.6 is 0 Å². The Morgan fingerprint density at radius 3 is 2.53 bits per heavy atom. The summed E-state index contributed by atoms with van der Waals surface area (Å²) in [5.74, 6) is 0.497. The van der Waals surface area contributed by atoms with Crippen molar-refractivity contribution < 1.29 is 9.21 Å². The molecule has 0 bridgehead atoms. The molecule has 84 valence electrons. The number of carbonyl (C=O) groups is 1. The van der Waals surface area contributed by atoms with Crippen molar-refractivity contribution in [1.29, 1.82) is 0 Å². The lowest BCUT2D eigenvalue weighted by atomic mass is 10.4. The Labute approximate surface area is 90.3 Å². The van der Waals surface area contributed by atoms with Crippen molar-refractivity contribution in [2.24, 2.45) is 0 Å². The van der Waals surface area contributed by atoms with Gasteiger partial charge in [0.05, 0.1) is 6.26 Å². The third kappa shape index (κ3) is 3.65. The van der Waals surface area contributed by atoms with Crippen molar-refractivity contribution in [3.63, 3.8) is 0 Å². The molecule has 1 aromatic rings. The molecule has 0 aliphatic heterocycles. The normalized spacial score (nSPS) is 10.0. The molecule has 1 heterocycles. The van der Waals surface area contributed by atoms with E-state index in [1.165, 1.54) is 0 Å². The number of hydrogen-bond donors (Lipinski definition) is 1. The van der Waals surface area contributed by atoms with E-state index < -0.39 is 0 Å². The number of anilines is 1. The first kappa shape index (κ1) is 11.6. The van der Waals surface area contributed by atoms with Crippen LogP contribution in [0.15, 0.2) is 22.8 Å². The molecule has 0 spiro atoms. The molecule has 1 aromatic heterocycles. The van der Waals surface area contributed by atoms with E-state index in [0.717, 1.165) is 25.9 Å². The van der Waals surface area contributed by atoms with Crippen LogP contribution in [-0.4, -0.2) is 24.0 Å². The molecule has 1 rings (SSSR count). The number of amides is 2. The van der Waals surface area contributed by atoms with Gasteiger partial charge in [0.25, 0.3) is 0 Å². The molecule has 2 amide bonds. The van der Waals surface area contributed by atoms with E-state index in [9.17, 15) is 4.79 Å². The minimum absolute atomic E-state index is 0.0892. The van der Waals surface area contributed by atoms with Gasteiger partial charge < -0.3 is 9.32 Å². The number of hydrogen-bond acceptors (Lipinski definition) is 2. The topological polar surface area (TPSA) is 45.5 Å². The molecule has 0 saturated carbocycles. The van der Waals surface area contributed by atoms with Gasteiger partial charge in [0, 0.05) is 19.2 Å². The Hall–Kier alpha value is -1.45. The van der Waals surface area contributed by atoms with Crippen LogP contribution in [0.25, 0.3) is 0 Å². The molecule has 0 fully saturated rings. The fourth-order valence-corrected chi connectivity index (χ4v) is 1.39. The van der Waals surface area contributed by atoms with Gasteiger partial charge >= 0.3 is 6.03 Å². The van der Waals surface area contributed by atoms with E-state index in [2.05, 4.69) is 19.2 Å². The summed E-state index contributed by atoms with van der Waals surface area (Å²) in [6.45, 7) is 5.67. The van der Waals surface area contributed by atoms with Crippen LogP contribution < -0.4 is 5.32 Å². The zero-order valence-corrected chi connectivity index (χ0v) is 9.32. The second-order valence-electron chi connectivity index (χ2n) is 3.39. The van der Waals surface area contributed by atoms with E-state index in [1.807, 2.05) is 0 Å². The summed E-state index contributed by atoms with van der Waals surface area (Å²) in [5.41, 5.74) is 0. The highest BCUT2D eigenvalue weighted by Crippen LogP contribution is 2.08. The standard InChI is InChI=1S/C11H18N2O2/c1-3-7-13(8-4-2)11(14)12-10-6-5-9-15-10/h5-6,9H,3-4,7-8H2,1-2H3,(H,12,14). The van der Waals surface area contributed by atoms with Gasteiger partial charge in [-0.3, -0.25) is 5.32 Å². The summed E-state index contributed by atoms with van der Waals surface area (Å²) < 4.78 is 5.05. The smallest absolute Gasteiger partial charge is 0.324 e. The van der Waals surface area contributed by atoms with Crippen LogP contribution in [-0.2, 0) is 0 Å². The van der Waals surface area contributed by atoms with Gasteiger partial charge in [0.2, 0.25) is 5.88 Å². The molecule has 0 saturated heterocycles. The average Bonchev–Trinajstić information content (AvgIpc) is 2.70. The number of furan rings is 1. The van der Waals surface area contributed by atoms with Crippen molar-refractivity contribution in [2.45, 2.75) is 26.7 Å². The average molecular weight is 210 g/mol. The van der Waals surface area contributed by atoms with Crippen molar-refractivity contribution >= 4 is 11.9 Å². The molecule has 0 aliphatic rings. The molecule has 0 unspecified atom stereocenters. The molecule has 0 aliphatic carbocycles. The van der Waals surface area contributed by atoms with Gasteiger partial charge in [-0.05, 0) is 18.9 Å². The van der Waals surface area contributed by atoms with Crippen molar-refractivity contribution in [3.05, 3.63) is 18.4 Å². The number of carbonyl (C=O) groups excluding carboxylic acids is 1. The fourth-order valence-electron chi connectivity index (χ4n) is 1.39. The fraction of sp³-hybridized carbons (Fsp3) is 0.545. The first-order valence-electron chi connectivity index (χ1n) is 5.37. The van der Waals surface area contributed by atoms with Gasteiger partial charge in [0.1, 0.15) is 0 Å². The zero-order chi connectivity index (χ0) is 11.1. The predicted octanol–water partition coefficient (Wildman–Crippen LogP) is 2.93. The number of rotatable bonds is 5. The van der Waals surface area contributed by atoms with Crippen LogP contribution in [0.3, 0.4) is 0 Å². The minimum Gasteiger partial charge on any atom is -0.449 e. The van der Waals surface area contributed by atoms with Gasteiger partial charge in [-0.15, -0.1) is 0 Å².